The second-order valence-electron chi connectivity index (χ2n) is 5.62. The Bertz CT molecular complexity index is 917. The van der Waals surface area contributed by atoms with Crippen molar-refractivity contribution in [1.82, 2.24) is 4.31 Å². The Morgan fingerprint density at radius 3 is 2.35 bits per heavy atom. The third-order valence-corrected chi connectivity index (χ3v) is 5.69. The Morgan fingerprint density at radius 2 is 1.77 bits per heavy atom. The van der Waals surface area contributed by atoms with Crippen LogP contribution in [0, 0.1) is 12.3 Å². The van der Waals surface area contributed by atoms with Gasteiger partial charge in [-0.3, -0.25) is 4.79 Å². The Hall–Kier alpha value is -2.82. The predicted octanol–water partition coefficient (Wildman–Crippen LogP) is 2.77. The molecule has 6 nitrogen and oxygen atoms in total. The standard InChI is InChI=1S/C19H17NO5S/c1-2-14-20(18-12-13-19(21)25-18)26(22,23)17-10-8-16(9-11-17)24-15-6-4-3-5-7-15/h1,3-11,18H,12-14H2. The van der Waals surface area contributed by atoms with Gasteiger partial charge < -0.3 is 9.47 Å². The van der Waals surface area contributed by atoms with E-state index in [2.05, 4.69) is 5.92 Å². The Balaban J connectivity index is 1.81. The molecule has 1 aliphatic rings. The number of carbonyl (C=O) groups is 1. The van der Waals surface area contributed by atoms with Crippen LogP contribution >= 0.6 is 0 Å². The number of cyclic esters (lactones) is 1. The quantitative estimate of drug-likeness (QED) is 0.577. The summed E-state index contributed by atoms with van der Waals surface area (Å²) in [5, 5.41) is 0. The van der Waals surface area contributed by atoms with E-state index in [9.17, 15) is 13.2 Å². The summed E-state index contributed by atoms with van der Waals surface area (Å²) >= 11 is 0. The van der Waals surface area contributed by atoms with Crippen molar-refractivity contribution >= 4 is 16.0 Å². The van der Waals surface area contributed by atoms with E-state index in [1.807, 2.05) is 18.2 Å². The summed E-state index contributed by atoms with van der Waals surface area (Å²) < 4.78 is 37.5. The molecule has 1 unspecified atom stereocenters. The highest BCUT2D eigenvalue weighted by Gasteiger charge is 2.37. The van der Waals surface area contributed by atoms with Gasteiger partial charge in [0.2, 0.25) is 10.0 Å². The molecule has 1 aliphatic heterocycles. The van der Waals surface area contributed by atoms with E-state index in [-0.39, 0.29) is 24.3 Å². The van der Waals surface area contributed by atoms with Crippen LogP contribution in [-0.2, 0) is 19.6 Å². The van der Waals surface area contributed by atoms with Gasteiger partial charge in [0, 0.05) is 6.42 Å². The predicted molar refractivity (Wildman–Crippen MR) is 94.8 cm³/mol. The molecular formula is C19H17NO5S. The molecule has 0 bridgehead atoms. The summed E-state index contributed by atoms with van der Waals surface area (Å²) in [4.78, 5) is 11.4. The highest BCUT2D eigenvalue weighted by Crippen LogP contribution is 2.27. The zero-order chi connectivity index (χ0) is 18.6. The molecule has 1 heterocycles. The highest BCUT2D eigenvalue weighted by molar-refractivity contribution is 7.89. The zero-order valence-electron chi connectivity index (χ0n) is 13.9. The SMILES string of the molecule is C#CCN(C1CCC(=O)O1)S(=O)(=O)c1ccc(Oc2ccccc2)cc1. The Morgan fingerprint density at radius 1 is 1.12 bits per heavy atom. The first kappa shape index (κ1) is 18.0. The molecule has 134 valence electrons. The molecule has 0 amide bonds. The van der Waals surface area contributed by atoms with Gasteiger partial charge in [0.15, 0.2) is 6.23 Å². The molecule has 0 saturated carbocycles. The third-order valence-electron chi connectivity index (χ3n) is 3.84. The van der Waals surface area contributed by atoms with Crippen LogP contribution in [0.25, 0.3) is 0 Å². The van der Waals surface area contributed by atoms with E-state index in [0.717, 1.165) is 4.31 Å². The van der Waals surface area contributed by atoms with Crippen LogP contribution in [0.4, 0.5) is 0 Å². The maximum Gasteiger partial charge on any atom is 0.307 e. The number of rotatable bonds is 6. The fourth-order valence-electron chi connectivity index (χ4n) is 2.58. The van der Waals surface area contributed by atoms with Gasteiger partial charge in [0.05, 0.1) is 17.9 Å². The Kier molecular flexibility index (Phi) is 5.26. The first-order valence-electron chi connectivity index (χ1n) is 7.98. The lowest BCUT2D eigenvalue weighted by molar-refractivity contribution is -0.144. The summed E-state index contributed by atoms with van der Waals surface area (Å²) in [5.41, 5.74) is 0. The highest BCUT2D eigenvalue weighted by atomic mass is 32.2. The summed E-state index contributed by atoms with van der Waals surface area (Å²) in [6.07, 6.45) is 4.89. The van der Waals surface area contributed by atoms with E-state index in [4.69, 9.17) is 15.9 Å². The lowest BCUT2D eigenvalue weighted by atomic mass is 10.3. The smallest absolute Gasteiger partial charge is 0.307 e. The summed E-state index contributed by atoms with van der Waals surface area (Å²) in [5.74, 6) is 3.03. The van der Waals surface area contributed by atoms with Gasteiger partial charge in [-0.2, -0.15) is 0 Å². The van der Waals surface area contributed by atoms with Crippen molar-refractivity contribution in [1.29, 1.82) is 0 Å². The zero-order valence-corrected chi connectivity index (χ0v) is 14.7. The fraction of sp³-hybridized carbons (Fsp3) is 0.211. The molecule has 0 aromatic heterocycles. The number of hydrogen-bond acceptors (Lipinski definition) is 5. The van der Waals surface area contributed by atoms with E-state index in [1.54, 1.807) is 24.3 Å². The van der Waals surface area contributed by atoms with Crippen molar-refractivity contribution in [2.75, 3.05) is 6.54 Å². The van der Waals surface area contributed by atoms with Crippen molar-refractivity contribution < 1.29 is 22.7 Å². The van der Waals surface area contributed by atoms with Gasteiger partial charge in [0.25, 0.3) is 0 Å². The van der Waals surface area contributed by atoms with Crippen molar-refractivity contribution in [2.24, 2.45) is 0 Å². The molecule has 3 rings (SSSR count). The maximum absolute atomic E-state index is 12.9. The number of esters is 1. The van der Waals surface area contributed by atoms with E-state index in [0.29, 0.717) is 11.5 Å². The lowest BCUT2D eigenvalue weighted by Crippen LogP contribution is -2.40. The van der Waals surface area contributed by atoms with Crippen molar-refractivity contribution in [3.63, 3.8) is 0 Å². The summed E-state index contributed by atoms with van der Waals surface area (Å²) in [6.45, 7) is -0.178. The molecule has 1 saturated heterocycles. The minimum atomic E-state index is -3.90. The number of carbonyl (C=O) groups excluding carboxylic acids is 1. The molecule has 0 N–H and O–H groups in total. The monoisotopic (exact) mass is 371 g/mol. The number of ether oxygens (including phenoxy) is 2. The van der Waals surface area contributed by atoms with E-state index < -0.39 is 22.2 Å². The molecule has 26 heavy (non-hydrogen) atoms. The Labute approximate surface area is 152 Å². The topological polar surface area (TPSA) is 72.9 Å². The molecule has 7 heteroatoms. The van der Waals surface area contributed by atoms with Gasteiger partial charge in [-0.15, -0.1) is 10.7 Å². The van der Waals surface area contributed by atoms with Crippen LogP contribution in [0.3, 0.4) is 0 Å². The molecule has 1 fully saturated rings. The normalized spacial score (nSPS) is 16.9. The van der Waals surface area contributed by atoms with Crippen LogP contribution in [0.1, 0.15) is 12.8 Å². The largest absolute Gasteiger partial charge is 0.457 e. The first-order chi connectivity index (χ1) is 12.5. The average Bonchev–Trinajstić information content (AvgIpc) is 3.07. The third kappa shape index (κ3) is 3.87. The van der Waals surface area contributed by atoms with Crippen LogP contribution in [-0.4, -0.2) is 31.5 Å². The van der Waals surface area contributed by atoms with E-state index in [1.165, 1.54) is 12.1 Å². The van der Waals surface area contributed by atoms with Crippen molar-refractivity contribution in [3.05, 3.63) is 54.6 Å². The number of nitrogens with zero attached hydrogens (tertiary/aromatic N) is 1. The van der Waals surface area contributed by atoms with Crippen molar-refractivity contribution in [3.8, 4) is 23.8 Å². The maximum atomic E-state index is 12.9. The molecule has 0 spiro atoms. The van der Waals surface area contributed by atoms with Gasteiger partial charge in [-0.25, -0.2) is 8.42 Å². The van der Waals surface area contributed by atoms with Crippen LogP contribution in [0.5, 0.6) is 11.5 Å². The molecular weight excluding hydrogens is 354 g/mol. The molecule has 2 aromatic rings. The molecule has 0 aliphatic carbocycles. The van der Waals surface area contributed by atoms with Crippen LogP contribution in [0.15, 0.2) is 59.5 Å². The average molecular weight is 371 g/mol. The minimum Gasteiger partial charge on any atom is -0.457 e. The number of benzene rings is 2. The van der Waals surface area contributed by atoms with Crippen molar-refractivity contribution in [2.45, 2.75) is 24.0 Å². The molecule has 1 atom stereocenters. The summed E-state index contributed by atoms with van der Waals surface area (Å²) in [7, 11) is -3.90. The van der Waals surface area contributed by atoms with Gasteiger partial charge in [-0.1, -0.05) is 24.1 Å². The lowest BCUT2D eigenvalue weighted by Gasteiger charge is -2.24. The minimum absolute atomic E-state index is 0.0520. The fourth-order valence-corrected chi connectivity index (χ4v) is 4.04. The molecule has 2 aromatic carbocycles. The van der Waals surface area contributed by atoms with Gasteiger partial charge in [0.1, 0.15) is 11.5 Å². The second kappa shape index (κ2) is 7.60. The number of hydrogen-bond donors (Lipinski definition) is 0. The number of sulfonamides is 1. The van der Waals surface area contributed by atoms with Crippen LogP contribution < -0.4 is 4.74 Å². The summed E-state index contributed by atoms with van der Waals surface area (Å²) in [6, 6.07) is 15.2. The van der Waals surface area contributed by atoms with Crippen LogP contribution in [0.2, 0.25) is 0 Å². The second-order valence-corrected chi connectivity index (χ2v) is 7.51. The van der Waals surface area contributed by atoms with Gasteiger partial charge >= 0.3 is 5.97 Å². The van der Waals surface area contributed by atoms with Gasteiger partial charge in [-0.05, 0) is 36.4 Å². The first-order valence-corrected chi connectivity index (χ1v) is 9.42. The van der Waals surface area contributed by atoms with E-state index >= 15 is 0 Å². The number of para-hydroxylation sites is 1. The number of terminal acetylenes is 1. The molecule has 0 radical (unpaired) electrons.